The summed E-state index contributed by atoms with van der Waals surface area (Å²) >= 11 is 0. The van der Waals surface area contributed by atoms with E-state index in [0.717, 1.165) is 24.9 Å². The van der Waals surface area contributed by atoms with Gasteiger partial charge >= 0.3 is 0 Å². The highest BCUT2D eigenvalue weighted by molar-refractivity contribution is 5.95. The molecule has 0 aliphatic carbocycles. The number of aromatic hydroxyl groups is 1. The zero-order chi connectivity index (χ0) is 13.1. The van der Waals surface area contributed by atoms with Crippen molar-refractivity contribution in [3.8, 4) is 5.75 Å². The zero-order valence-electron chi connectivity index (χ0n) is 10.8. The fourth-order valence-electron chi connectivity index (χ4n) is 2.37. The van der Waals surface area contributed by atoms with Crippen LogP contribution in [0.4, 0.5) is 0 Å². The highest BCUT2D eigenvalue weighted by atomic mass is 16.5. The lowest BCUT2D eigenvalue weighted by Crippen LogP contribution is -2.43. The highest BCUT2D eigenvalue weighted by Gasteiger charge is 2.25. The van der Waals surface area contributed by atoms with Crippen LogP contribution < -0.4 is 0 Å². The number of methoxy groups -OCH3 is 1. The summed E-state index contributed by atoms with van der Waals surface area (Å²) in [6, 6.07) is 4.85. The van der Waals surface area contributed by atoms with Gasteiger partial charge in [0.05, 0.1) is 6.10 Å². The third kappa shape index (κ3) is 2.64. The molecule has 1 atom stereocenters. The first-order valence-electron chi connectivity index (χ1n) is 6.23. The molecule has 0 aromatic heterocycles. The number of likely N-dealkylation sites (tertiary alicyclic amines) is 1. The van der Waals surface area contributed by atoms with Crippen LogP contribution in [-0.2, 0) is 4.74 Å². The fraction of sp³-hybridized carbons (Fsp3) is 0.500. The van der Waals surface area contributed by atoms with E-state index >= 15 is 0 Å². The normalized spacial score (nSPS) is 19.9. The van der Waals surface area contributed by atoms with Gasteiger partial charge in [-0.25, -0.2) is 0 Å². The van der Waals surface area contributed by atoms with Crippen molar-refractivity contribution in [2.24, 2.45) is 0 Å². The number of hydrogen-bond donors (Lipinski definition) is 1. The maximum atomic E-state index is 12.4. The van der Waals surface area contributed by atoms with Crippen molar-refractivity contribution in [3.63, 3.8) is 0 Å². The highest BCUT2D eigenvalue weighted by Crippen LogP contribution is 2.20. The van der Waals surface area contributed by atoms with E-state index in [9.17, 15) is 9.90 Å². The Morgan fingerprint density at radius 1 is 1.50 bits per heavy atom. The van der Waals surface area contributed by atoms with Crippen LogP contribution in [-0.4, -0.2) is 42.2 Å². The van der Waals surface area contributed by atoms with Crippen LogP contribution in [0.5, 0.6) is 5.75 Å². The van der Waals surface area contributed by atoms with Gasteiger partial charge in [0.25, 0.3) is 5.91 Å². The standard InChI is InChI=1S/C14H19NO3/c1-10-8-11(16)5-6-13(10)14(17)15-7-3-4-12(9-15)18-2/h5-6,8,12,16H,3-4,7,9H2,1-2H3. The Bertz CT molecular complexity index is 445. The molecule has 1 saturated heterocycles. The molecule has 0 spiro atoms. The first-order chi connectivity index (χ1) is 8.61. The second-order valence-electron chi connectivity index (χ2n) is 4.75. The third-order valence-electron chi connectivity index (χ3n) is 3.44. The van der Waals surface area contributed by atoms with Gasteiger partial charge in [-0.2, -0.15) is 0 Å². The van der Waals surface area contributed by atoms with E-state index in [1.165, 1.54) is 0 Å². The minimum atomic E-state index is 0.0225. The number of carbonyl (C=O) groups excluding carboxylic acids is 1. The van der Waals surface area contributed by atoms with E-state index < -0.39 is 0 Å². The monoisotopic (exact) mass is 249 g/mol. The smallest absolute Gasteiger partial charge is 0.254 e. The van der Waals surface area contributed by atoms with Crippen LogP contribution >= 0.6 is 0 Å². The van der Waals surface area contributed by atoms with Crippen LogP contribution in [0.1, 0.15) is 28.8 Å². The lowest BCUT2D eigenvalue weighted by molar-refractivity contribution is 0.0268. The SMILES string of the molecule is COC1CCCN(C(=O)c2ccc(O)cc2C)C1. The molecule has 4 heteroatoms. The summed E-state index contributed by atoms with van der Waals surface area (Å²) in [5.74, 6) is 0.215. The molecule has 1 N–H and O–H groups in total. The van der Waals surface area contributed by atoms with Gasteiger partial charge in [-0.15, -0.1) is 0 Å². The van der Waals surface area contributed by atoms with Crippen molar-refractivity contribution in [2.75, 3.05) is 20.2 Å². The number of aryl methyl sites for hydroxylation is 1. The average Bonchev–Trinajstić information content (AvgIpc) is 2.38. The van der Waals surface area contributed by atoms with Gasteiger partial charge in [0, 0.05) is 25.8 Å². The minimum absolute atomic E-state index is 0.0225. The number of carbonyl (C=O) groups is 1. The molecule has 1 amide bonds. The number of amides is 1. The van der Waals surface area contributed by atoms with Crippen LogP contribution in [0.25, 0.3) is 0 Å². The molecule has 4 nitrogen and oxygen atoms in total. The average molecular weight is 249 g/mol. The van der Waals surface area contributed by atoms with Gasteiger partial charge in [0.1, 0.15) is 5.75 Å². The number of ether oxygens (including phenoxy) is 1. The summed E-state index contributed by atoms with van der Waals surface area (Å²) in [6.45, 7) is 3.26. The van der Waals surface area contributed by atoms with Gasteiger partial charge in [0.2, 0.25) is 0 Å². The number of phenols is 1. The number of hydrogen-bond acceptors (Lipinski definition) is 3. The quantitative estimate of drug-likeness (QED) is 0.871. The lowest BCUT2D eigenvalue weighted by Gasteiger charge is -2.32. The second kappa shape index (κ2) is 5.40. The van der Waals surface area contributed by atoms with Crippen LogP contribution in [0.15, 0.2) is 18.2 Å². The Morgan fingerprint density at radius 3 is 2.94 bits per heavy atom. The largest absolute Gasteiger partial charge is 0.508 e. The van der Waals surface area contributed by atoms with Gasteiger partial charge < -0.3 is 14.7 Å². The Hall–Kier alpha value is -1.55. The van der Waals surface area contributed by atoms with Gasteiger partial charge in [-0.3, -0.25) is 4.79 Å². The van der Waals surface area contributed by atoms with Crippen molar-refractivity contribution in [1.82, 2.24) is 4.90 Å². The van der Waals surface area contributed by atoms with Crippen LogP contribution in [0.3, 0.4) is 0 Å². The summed E-state index contributed by atoms with van der Waals surface area (Å²) < 4.78 is 5.32. The molecule has 1 fully saturated rings. The van der Waals surface area contributed by atoms with E-state index in [1.807, 2.05) is 11.8 Å². The van der Waals surface area contributed by atoms with Crippen molar-refractivity contribution in [2.45, 2.75) is 25.9 Å². The molecule has 1 aromatic carbocycles. The van der Waals surface area contributed by atoms with Gasteiger partial charge in [0.15, 0.2) is 0 Å². The Kier molecular flexibility index (Phi) is 3.87. The molecule has 1 unspecified atom stereocenters. The first-order valence-corrected chi connectivity index (χ1v) is 6.23. The summed E-state index contributed by atoms with van der Waals surface area (Å²) in [5, 5.41) is 9.36. The molecule has 18 heavy (non-hydrogen) atoms. The lowest BCUT2D eigenvalue weighted by atomic mass is 10.0. The van der Waals surface area contributed by atoms with E-state index in [-0.39, 0.29) is 17.8 Å². The molecule has 1 aliphatic heterocycles. The predicted molar refractivity (Wildman–Crippen MR) is 68.8 cm³/mol. The van der Waals surface area contributed by atoms with Crippen molar-refractivity contribution in [3.05, 3.63) is 29.3 Å². The molecule has 98 valence electrons. The maximum Gasteiger partial charge on any atom is 0.254 e. The van der Waals surface area contributed by atoms with Gasteiger partial charge in [-0.05, 0) is 43.5 Å². The van der Waals surface area contributed by atoms with E-state index in [1.54, 1.807) is 25.3 Å². The van der Waals surface area contributed by atoms with Gasteiger partial charge in [-0.1, -0.05) is 0 Å². The van der Waals surface area contributed by atoms with Crippen molar-refractivity contribution >= 4 is 5.91 Å². The number of nitrogens with zero attached hydrogens (tertiary/aromatic N) is 1. The molecule has 0 bridgehead atoms. The molecule has 1 heterocycles. The second-order valence-corrected chi connectivity index (χ2v) is 4.75. The Morgan fingerprint density at radius 2 is 2.28 bits per heavy atom. The van der Waals surface area contributed by atoms with Crippen molar-refractivity contribution in [1.29, 1.82) is 0 Å². The van der Waals surface area contributed by atoms with E-state index in [2.05, 4.69) is 0 Å². The molecule has 0 saturated carbocycles. The summed E-state index contributed by atoms with van der Waals surface area (Å²) in [6.07, 6.45) is 2.12. The number of benzene rings is 1. The third-order valence-corrected chi connectivity index (χ3v) is 3.44. The minimum Gasteiger partial charge on any atom is -0.508 e. The predicted octanol–water partition coefficient (Wildman–Crippen LogP) is 1.95. The molecule has 2 rings (SSSR count). The topological polar surface area (TPSA) is 49.8 Å². The molecular formula is C14H19NO3. The summed E-state index contributed by atoms with van der Waals surface area (Å²) in [4.78, 5) is 14.2. The number of phenolic OH excluding ortho intramolecular Hbond substituents is 1. The van der Waals surface area contributed by atoms with Crippen molar-refractivity contribution < 1.29 is 14.6 Å². The fourth-order valence-corrected chi connectivity index (χ4v) is 2.37. The maximum absolute atomic E-state index is 12.4. The number of piperidine rings is 1. The van der Waals surface area contributed by atoms with Crippen LogP contribution in [0.2, 0.25) is 0 Å². The molecule has 1 aromatic rings. The molecule has 1 aliphatic rings. The summed E-state index contributed by atoms with van der Waals surface area (Å²) in [5.41, 5.74) is 1.46. The Balaban J connectivity index is 2.15. The molecular weight excluding hydrogens is 230 g/mol. The molecule has 0 radical (unpaired) electrons. The summed E-state index contributed by atoms with van der Waals surface area (Å²) in [7, 11) is 1.68. The first kappa shape index (κ1) is 12.9. The van der Waals surface area contributed by atoms with E-state index in [0.29, 0.717) is 12.1 Å². The van der Waals surface area contributed by atoms with Crippen LogP contribution in [0, 0.1) is 6.92 Å². The van der Waals surface area contributed by atoms with E-state index in [4.69, 9.17) is 4.74 Å². The number of rotatable bonds is 2. The zero-order valence-corrected chi connectivity index (χ0v) is 10.8. The Labute approximate surface area is 107 Å².